The number of hydrogen-bond donors (Lipinski definition) is 0. The Balaban J connectivity index is 1.61. The van der Waals surface area contributed by atoms with Gasteiger partial charge in [0.1, 0.15) is 11.5 Å². The van der Waals surface area contributed by atoms with Crippen LogP contribution in [0.3, 0.4) is 0 Å². The molecule has 3 aromatic carbocycles. The summed E-state index contributed by atoms with van der Waals surface area (Å²) < 4.78 is 10.7. The van der Waals surface area contributed by atoms with Crippen LogP contribution in [0.2, 0.25) is 0 Å². The van der Waals surface area contributed by atoms with Gasteiger partial charge >= 0.3 is 11.9 Å². The first kappa shape index (κ1) is 20.5. The molecule has 146 valence electrons. The van der Waals surface area contributed by atoms with E-state index in [-0.39, 0.29) is 0 Å². The molecule has 0 radical (unpaired) electrons. The Hall–Kier alpha value is -4.28. The molecule has 4 heteroatoms. The van der Waals surface area contributed by atoms with Crippen molar-refractivity contribution in [1.82, 2.24) is 0 Å². The third-order valence-electron chi connectivity index (χ3n) is 4.02. The predicted octanol–water partition coefficient (Wildman–Crippen LogP) is 4.87. The molecule has 0 saturated heterocycles. The number of esters is 2. The van der Waals surface area contributed by atoms with E-state index in [0.717, 1.165) is 11.1 Å². The summed E-state index contributed by atoms with van der Waals surface area (Å²) in [5.74, 6) is 11.2. The van der Waals surface area contributed by atoms with Crippen LogP contribution in [0.5, 0.6) is 11.5 Å². The van der Waals surface area contributed by atoms with Gasteiger partial charge in [-0.25, -0.2) is 9.59 Å². The highest BCUT2D eigenvalue weighted by atomic mass is 16.5. The van der Waals surface area contributed by atoms with Crippen LogP contribution in [0.25, 0.3) is 0 Å². The van der Waals surface area contributed by atoms with Crippen LogP contribution in [-0.4, -0.2) is 11.9 Å². The highest BCUT2D eigenvalue weighted by molar-refractivity contribution is 5.92. The lowest BCUT2D eigenvalue weighted by Crippen LogP contribution is -2.09. The molecular weight excluding hydrogens is 376 g/mol. The van der Waals surface area contributed by atoms with E-state index >= 15 is 0 Å². The van der Waals surface area contributed by atoms with Crippen molar-refractivity contribution in [3.05, 3.63) is 95.1 Å². The zero-order valence-electron chi connectivity index (χ0n) is 16.6. The SMILES string of the molecule is CC#Cc1ccc(C(=O)Oc2ccc(OC(=O)c3ccc(C#CC)cc3)cc2)cc1. The van der Waals surface area contributed by atoms with E-state index in [2.05, 4.69) is 23.7 Å². The lowest BCUT2D eigenvalue weighted by molar-refractivity contribution is 0.0719. The van der Waals surface area contributed by atoms with Gasteiger partial charge in [-0.2, -0.15) is 0 Å². The quantitative estimate of drug-likeness (QED) is 0.360. The molecule has 0 amide bonds. The Morgan fingerprint density at radius 2 is 0.900 bits per heavy atom. The maximum absolute atomic E-state index is 12.3. The van der Waals surface area contributed by atoms with E-state index < -0.39 is 11.9 Å². The number of carbonyl (C=O) groups is 2. The van der Waals surface area contributed by atoms with E-state index in [1.165, 1.54) is 0 Å². The van der Waals surface area contributed by atoms with Crippen molar-refractivity contribution in [2.75, 3.05) is 0 Å². The van der Waals surface area contributed by atoms with Crippen molar-refractivity contribution in [2.24, 2.45) is 0 Å². The third kappa shape index (κ3) is 5.38. The van der Waals surface area contributed by atoms with Crippen LogP contribution in [0, 0.1) is 23.7 Å². The fourth-order valence-corrected chi connectivity index (χ4v) is 2.58. The average molecular weight is 394 g/mol. The summed E-state index contributed by atoms with van der Waals surface area (Å²) >= 11 is 0. The molecule has 0 bridgehead atoms. The molecule has 0 atom stereocenters. The van der Waals surface area contributed by atoms with E-state index in [9.17, 15) is 9.59 Å². The molecule has 3 rings (SSSR count). The number of benzene rings is 3. The average Bonchev–Trinajstić information content (AvgIpc) is 2.76. The Morgan fingerprint density at radius 3 is 1.20 bits per heavy atom. The molecule has 0 saturated carbocycles. The number of hydrogen-bond acceptors (Lipinski definition) is 4. The van der Waals surface area contributed by atoms with Gasteiger partial charge in [0.05, 0.1) is 11.1 Å². The smallest absolute Gasteiger partial charge is 0.343 e. The van der Waals surface area contributed by atoms with Gasteiger partial charge in [0.2, 0.25) is 0 Å². The van der Waals surface area contributed by atoms with Crippen molar-refractivity contribution >= 4 is 11.9 Å². The summed E-state index contributed by atoms with van der Waals surface area (Å²) in [4.78, 5) is 24.5. The molecule has 0 spiro atoms. The van der Waals surface area contributed by atoms with Gasteiger partial charge < -0.3 is 9.47 Å². The maximum Gasteiger partial charge on any atom is 0.343 e. The predicted molar refractivity (Wildman–Crippen MR) is 114 cm³/mol. The molecule has 0 unspecified atom stereocenters. The number of rotatable bonds is 4. The summed E-state index contributed by atoms with van der Waals surface area (Å²) in [6.07, 6.45) is 0. The number of ether oxygens (including phenoxy) is 2. The van der Waals surface area contributed by atoms with Gasteiger partial charge in [-0.05, 0) is 86.6 Å². The standard InChI is InChI=1S/C26H18O4/c1-3-5-19-7-11-21(12-8-19)25(27)29-23-15-17-24(18-16-23)30-26(28)22-13-9-20(6-4-2)10-14-22/h7-18H,1-2H3. The van der Waals surface area contributed by atoms with Crippen molar-refractivity contribution in [3.8, 4) is 35.2 Å². The van der Waals surface area contributed by atoms with Crippen LogP contribution >= 0.6 is 0 Å². The molecule has 0 N–H and O–H groups in total. The fourth-order valence-electron chi connectivity index (χ4n) is 2.58. The Labute approximate surface area is 175 Å². The first-order valence-corrected chi connectivity index (χ1v) is 9.19. The van der Waals surface area contributed by atoms with Crippen molar-refractivity contribution in [1.29, 1.82) is 0 Å². The van der Waals surface area contributed by atoms with E-state index in [0.29, 0.717) is 22.6 Å². The third-order valence-corrected chi connectivity index (χ3v) is 4.02. The molecule has 30 heavy (non-hydrogen) atoms. The summed E-state index contributed by atoms with van der Waals surface area (Å²) in [7, 11) is 0. The molecule has 0 aliphatic carbocycles. The minimum Gasteiger partial charge on any atom is -0.423 e. The monoisotopic (exact) mass is 394 g/mol. The highest BCUT2D eigenvalue weighted by Crippen LogP contribution is 2.20. The fraction of sp³-hybridized carbons (Fsp3) is 0.0769. The minimum absolute atomic E-state index is 0.347. The topological polar surface area (TPSA) is 52.6 Å². The second kappa shape index (κ2) is 9.78. The minimum atomic E-state index is -0.481. The van der Waals surface area contributed by atoms with Gasteiger partial charge in [-0.3, -0.25) is 0 Å². The molecule has 0 aromatic heterocycles. The van der Waals surface area contributed by atoms with Crippen molar-refractivity contribution in [3.63, 3.8) is 0 Å². The lowest BCUT2D eigenvalue weighted by Gasteiger charge is -2.07. The summed E-state index contributed by atoms with van der Waals surface area (Å²) in [6.45, 7) is 3.50. The Morgan fingerprint density at radius 1 is 0.567 bits per heavy atom. The molecule has 0 heterocycles. The zero-order chi connectivity index (χ0) is 21.3. The first-order chi connectivity index (χ1) is 14.6. The first-order valence-electron chi connectivity index (χ1n) is 9.19. The van der Waals surface area contributed by atoms with Gasteiger partial charge in [0.15, 0.2) is 0 Å². The summed E-state index contributed by atoms with van der Waals surface area (Å²) in [6, 6.07) is 20.0. The molecule has 0 aliphatic heterocycles. The van der Waals surface area contributed by atoms with Gasteiger partial charge in [-0.15, -0.1) is 11.8 Å². The molecule has 3 aromatic rings. The maximum atomic E-state index is 12.3. The van der Waals surface area contributed by atoms with Crippen molar-refractivity contribution < 1.29 is 19.1 Å². The van der Waals surface area contributed by atoms with E-state index in [1.807, 2.05) is 0 Å². The van der Waals surface area contributed by atoms with E-state index in [1.54, 1.807) is 86.6 Å². The molecule has 4 nitrogen and oxygen atoms in total. The van der Waals surface area contributed by atoms with Crippen LogP contribution in [0.15, 0.2) is 72.8 Å². The van der Waals surface area contributed by atoms with Crippen LogP contribution in [0.4, 0.5) is 0 Å². The van der Waals surface area contributed by atoms with Gasteiger partial charge in [-0.1, -0.05) is 11.8 Å². The molecule has 0 fully saturated rings. The number of carbonyl (C=O) groups excluding carboxylic acids is 2. The normalized spacial score (nSPS) is 9.40. The van der Waals surface area contributed by atoms with Gasteiger partial charge in [0, 0.05) is 11.1 Å². The zero-order valence-corrected chi connectivity index (χ0v) is 16.6. The largest absolute Gasteiger partial charge is 0.423 e. The second-order valence-electron chi connectivity index (χ2n) is 6.16. The van der Waals surface area contributed by atoms with Crippen molar-refractivity contribution in [2.45, 2.75) is 13.8 Å². The molecule has 0 aliphatic rings. The van der Waals surface area contributed by atoms with Gasteiger partial charge in [0.25, 0.3) is 0 Å². The van der Waals surface area contributed by atoms with Crippen LogP contribution in [-0.2, 0) is 0 Å². The van der Waals surface area contributed by atoms with E-state index in [4.69, 9.17) is 9.47 Å². The highest BCUT2D eigenvalue weighted by Gasteiger charge is 2.11. The Kier molecular flexibility index (Phi) is 6.66. The second-order valence-corrected chi connectivity index (χ2v) is 6.16. The van der Waals surface area contributed by atoms with Crippen LogP contribution in [0.1, 0.15) is 45.7 Å². The van der Waals surface area contributed by atoms with Crippen LogP contribution < -0.4 is 9.47 Å². The summed E-state index contributed by atoms with van der Waals surface area (Å²) in [5, 5.41) is 0. The lowest BCUT2D eigenvalue weighted by atomic mass is 10.1. The summed E-state index contributed by atoms with van der Waals surface area (Å²) in [5.41, 5.74) is 2.49. The Bertz CT molecular complexity index is 1070. The molecular formula is C26H18O4.